The zero-order chi connectivity index (χ0) is 16.7. The van der Waals surface area contributed by atoms with Crippen LogP contribution in [0.5, 0.6) is 0 Å². The summed E-state index contributed by atoms with van der Waals surface area (Å²) < 4.78 is 0. The van der Waals surface area contributed by atoms with Gasteiger partial charge in [0, 0.05) is 30.0 Å². The molecule has 0 unspecified atom stereocenters. The fraction of sp³-hybridized carbons (Fsp3) is 0.316. The summed E-state index contributed by atoms with van der Waals surface area (Å²) in [7, 11) is 0. The third kappa shape index (κ3) is 4.57. The summed E-state index contributed by atoms with van der Waals surface area (Å²) in [6.07, 6.45) is 1.000. The summed E-state index contributed by atoms with van der Waals surface area (Å²) in [4.78, 5) is 14.5. The van der Waals surface area contributed by atoms with Crippen LogP contribution in [0.25, 0.3) is 0 Å². The summed E-state index contributed by atoms with van der Waals surface area (Å²) in [6, 6.07) is 15.3. The quantitative estimate of drug-likeness (QED) is 0.823. The molecule has 0 radical (unpaired) electrons. The van der Waals surface area contributed by atoms with E-state index >= 15 is 0 Å². The Morgan fingerprint density at radius 2 is 1.91 bits per heavy atom. The van der Waals surface area contributed by atoms with Crippen LogP contribution in [-0.4, -0.2) is 30.7 Å². The topological polar surface area (TPSA) is 52.6 Å². The molecule has 0 atom stereocenters. The van der Waals surface area contributed by atoms with E-state index in [4.69, 9.17) is 0 Å². The van der Waals surface area contributed by atoms with E-state index in [0.717, 1.165) is 29.9 Å². The Hall–Kier alpha value is -2.33. The number of aliphatic hydroxyl groups is 1. The van der Waals surface area contributed by atoms with Crippen LogP contribution < -0.4 is 10.2 Å². The van der Waals surface area contributed by atoms with Gasteiger partial charge < -0.3 is 15.3 Å². The fourth-order valence-corrected chi connectivity index (χ4v) is 2.57. The zero-order valence-corrected chi connectivity index (χ0v) is 13.7. The molecule has 0 spiro atoms. The zero-order valence-electron chi connectivity index (χ0n) is 13.7. The van der Waals surface area contributed by atoms with Gasteiger partial charge in [0.15, 0.2) is 0 Å². The molecule has 2 aromatic rings. The van der Waals surface area contributed by atoms with E-state index in [1.54, 1.807) is 0 Å². The van der Waals surface area contributed by atoms with Crippen LogP contribution in [0, 0.1) is 6.92 Å². The molecule has 23 heavy (non-hydrogen) atoms. The number of rotatable bonds is 7. The molecule has 0 heterocycles. The number of hydrogen-bond donors (Lipinski definition) is 2. The Morgan fingerprint density at radius 3 is 2.61 bits per heavy atom. The van der Waals surface area contributed by atoms with E-state index in [1.807, 2.05) is 55.5 Å². The molecule has 1 amide bonds. The van der Waals surface area contributed by atoms with Gasteiger partial charge in [0.1, 0.15) is 0 Å². The lowest BCUT2D eigenvalue weighted by atomic mass is 10.1. The fourth-order valence-electron chi connectivity index (χ4n) is 2.57. The molecule has 122 valence electrons. The molecular formula is C19H24N2O2. The highest BCUT2D eigenvalue weighted by Gasteiger charge is 2.10. The Balaban J connectivity index is 2.16. The Labute approximate surface area is 137 Å². The number of hydrogen-bond acceptors (Lipinski definition) is 3. The normalized spacial score (nSPS) is 10.4. The van der Waals surface area contributed by atoms with Gasteiger partial charge in [-0.25, -0.2) is 0 Å². The minimum absolute atomic E-state index is 0.107. The second-order valence-electron chi connectivity index (χ2n) is 5.53. The van der Waals surface area contributed by atoms with Crippen molar-refractivity contribution in [2.45, 2.75) is 20.3 Å². The van der Waals surface area contributed by atoms with E-state index in [-0.39, 0.29) is 12.5 Å². The molecule has 0 fully saturated rings. The van der Waals surface area contributed by atoms with Gasteiger partial charge in [-0.2, -0.15) is 0 Å². The van der Waals surface area contributed by atoms with E-state index in [0.29, 0.717) is 12.1 Å². The second kappa shape index (κ2) is 8.34. The maximum atomic E-state index is 12.4. The van der Waals surface area contributed by atoms with E-state index in [1.165, 1.54) is 0 Å². The number of nitrogens with zero attached hydrogens (tertiary/aromatic N) is 1. The molecule has 0 aliphatic rings. The van der Waals surface area contributed by atoms with Crippen molar-refractivity contribution in [3.8, 4) is 0 Å². The van der Waals surface area contributed by atoms with Gasteiger partial charge >= 0.3 is 0 Å². The van der Waals surface area contributed by atoms with Gasteiger partial charge in [-0.1, -0.05) is 31.2 Å². The summed E-state index contributed by atoms with van der Waals surface area (Å²) >= 11 is 0. The van der Waals surface area contributed by atoms with Crippen LogP contribution in [0.4, 0.5) is 11.4 Å². The largest absolute Gasteiger partial charge is 0.395 e. The average Bonchev–Trinajstić information content (AvgIpc) is 2.55. The highest BCUT2D eigenvalue weighted by molar-refractivity contribution is 6.05. The van der Waals surface area contributed by atoms with Crippen molar-refractivity contribution in [2.24, 2.45) is 0 Å². The monoisotopic (exact) mass is 312 g/mol. The Morgan fingerprint density at radius 1 is 1.13 bits per heavy atom. The number of anilines is 2. The van der Waals surface area contributed by atoms with Gasteiger partial charge in [-0.05, 0) is 43.2 Å². The molecule has 0 bridgehead atoms. The molecule has 0 aromatic heterocycles. The smallest absolute Gasteiger partial charge is 0.255 e. The van der Waals surface area contributed by atoms with Crippen molar-refractivity contribution in [1.82, 2.24) is 0 Å². The summed E-state index contributed by atoms with van der Waals surface area (Å²) in [5, 5.41) is 12.2. The van der Waals surface area contributed by atoms with E-state index in [2.05, 4.69) is 17.1 Å². The predicted molar refractivity (Wildman–Crippen MR) is 95.2 cm³/mol. The Kier molecular flexibility index (Phi) is 6.18. The summed E-state index contributed by atoms with van der Waals surface area (Å²) in [5.74, 6) is -0.107. The number of aryl methyl sites for hydroxylation is 1. The van der Waals surface area contributed by atoms with Crippen molar-refractivity contribution in [1.29, 1.82) is 0 Å². The molecule has 0 saturated carbocycles. The first-order chi connectivity index (χ1) is 11.2. The maximum absolute atomic E-state index is 12.4. The average molecular weight is 312 g/mol. The molecule has 0 saturated heterocycles. The van der Waals surface area contributed by atoms with E-state index in [9.17, 15) is 9.90 Å². The first-order valence-corrected chi connectivity index (χ1v) is 7.98. The number of benzene rings is 2. The molecule has 2 rings (SSSR count). The SMILES string of the molecule is CCCN(CCO)c1cccc(NC(=O)c2ccccc2C)c1. The highest BCUT2D eigenvalue weighted by Crippen LogP contribution is 2.20. The van der Waals surface area contributed by atoms with Crippen molar-refractivity contribution < 1.29 is 9.90 Å². The molecule has 2 aromatic carbocycles. The van der Waals surface area contributed by atoms with Crippen LogP contribution >= 0.6 is 0 Å². The molecule has 4 heteroatoms. The number of carbonyl (C=O) groups excluding carboxylic acids is 1. The third-order valence-corrected chi connectivity index (χ3v) is 3.72. The second-order valence-corrected chi connectivity index (χ2v) is 5.53. The lowest BCUT2D eigenvalue weighted by molar-refractivity contribution is 0.102. The molecule has 4 nitrogen and oxygen atoms in total. The predicted octanol–water partition coefficient (Wildman–Crippen LogP) is 3.46. The van der Waals surface area contributed by atoms with Crippen LogP contribution in [0.2, 0.25) is 0 Å². The van der Waals surface area contributed by atoms with Gasteiger partial charge in [0.25, 0.3) is 5.91 Å². The first-order valence-electron chi connectivity index (χ1n) is 7.98. The minimum Gasteiger partial charge on any atom is -0.395 e. The lowest BCUT2D eigenvalue weighted by Gasteiger charge is -2.24. The van der Waals surface area contributed by atoms with Gasteiger partial charge in [-0.3, -0.25) is 4.79 Å². The number of aliphatic hydroxyl groups excluding tert-OH is 1. The lowest BCUT2D eigenvalue weighted by Crippen LogP contribution is -2.27. The van der Waals surface area contributed by atoms with Crippen molar-refractivity contribution in [3.05, 3.63) is 59.7 Å². The van der Waals surface area contributed by atoms with Gasteiger partial charge in [0.05, 0.1) is 6.61 Å². The van der Waals surface area contributed by atoms with Gasteiger partial charge in [0.2, 0.25) is 0 Å². The number of nitrogens with one attached hydrogen (secondary N) is 1. The first kappa shape index (κ1) is 17.0. The number of carbonyl (C=O) groups is 1. The van der Waals surface area contributed by atoms with Crippen LogP contribution in [0.1, 0.15) is 29.3 Å². The van der Waals surface area contributed by atoms with Crippen molar-refractivity contribution in [3.63, 3.8) is 0 Å². The van der Waals surface area contributed by atoms with Gasteiger partial charge in [-0.15, -0.1) is 0 Å². The minimum atomic E-state index is -0.107. The Bertz CT molecular complexity index is 649. The highest BCUT2D eigenvalue weighted by atomic mass is 16.3. The van der Waals surface area contributed by atoms with E-state index < -0.39 is 0 Å². The van der Waals surface area contributed by atoms with Crippen LogP contribution in [-0.2, 0) is 0 Å². The molecular weight excluding hydrogens is 288 g/mol. The molecule has 0 aliphatic carbocycles. The van der Waals surface area contributed by atoms with Crippen LogP contribution in [0.15, 0.2) is 48.5 Å². The van der Waals surface area contributed by atoms with Crippen LogP contribution in [0.3, 0.4) is 0 Å². The summed E-state index contributed by atoms with van der Waals surface area (Å²) in [6.45, 7) is 5.60. The molecule has 0 aliphatic heterocycles. The standard InChI is InChI=1S/C19H24N2O2/c1-3-11-21(12-13-22)17-9-6-8-16(14-17)20-19(23)18-10-5-4-7-15(18)2/h4-10,14,22H,3,11-13H2,1-2H3,(H,20,23). The van der Waals surface area contributed by atoms with Crippen molar-refractivity contribution in [2.75, 3.05) is 29.9 Å². The third-order valence-electron chi connectivity index (χ3n) is 3.72. The summed E-state index contributed by atoms with van der Waals surface area (Å²) in [5.41, 5.74) is 3.39. The maximum Gasteiger partial charge on any atom is 0.255 e. The number of amides is 1. The molecule has 2 N–H and O–H groups in total. The van der Waals surface area contributed by atoms with Crippen molar-refractivity contribution >= 4 is 17.3 Å².